The first-order chi connectivity index (χ1) is 7.31. The molecule has 0 N–H and O–H groups in total. The summed E-state index contributed by atoms with van der Waals surface area (Å²) in [5.74, 6) is 0. The molecule has 0 atom stereocenters. The molecule has 2 nitrogen and oxygen atoms in total. The van der Waals surface area contributed by atoms with Gasteiger partial charge < -0.3 is 4.74 Å². The van der Waals surface area contributed by atoms with E-state index in [-0.39, 0.29) is 0 Å². The summed E-state index contributed by atoms with van der Waals surface area (Å²) in [6.45, 7) is 3.22. The van der Waals surface area contributed by atoms with Crippen LogP contribution >= 0.6 is 0 Å². The van der Waals surface area contributed by atoms with Crippen molar-refractivity contribution in [2.24, 2.45) is 0 Å². The van der Waals surface area contributed by atoms with E-state index in [0.29, 0.717) is 13.2 Å². The van der Waals surface area contributed by atoms with Gasteiger partial charge in [-0.15, -0.1) is 0 Å². The standard InChI is InChI=1S/C13H14O2/c1-10-2-4-11(5-3-10)13-6-7-15-9-12(13)8-14/h2-5,8H,6-7,9H2,1H3. The molecule has 0 fully saturated rings. The molecule has 0 saturated heterocycles. The van der Waals surface area contributed by atoms with E-state index in [0.717, 1.165) is 29.4 Å². The Hall–Kier alpha value is -1.41. The number of rotatable bonds is 2. The SMILES string of the molecule is Cc1ccc(C2=C(C=O)COCC2)cc1. The lowest BCUT2D eigenvalue weighted by atomic mass is 9.96. The summed E-state index contributed by atoms with van der Waals surface area (Å²) in [4.78, 5) is 10.9. The van der Waals surface area contributed by atoms with Gasteiger partial charge in [-0.3, -0.25) is 4.79 Å². The smallest absolute Gasteiger partial charge is 0.148 e. The Kier molecular flexibility index (Phi) is 2.97. The molecule has 0 radical (unpaired) electrons. The number of hydrogen-bond acceptors (Lipinski definition) is 2. The van der Waals surface area contributed by atoms with Crippen LogP contribution in [0.2, 0.25) is 0 Å². The van der Waals surface area contributed by atoms with Crippen molar-refractivity contribution in [2.75, 3.05) is 13.2 Å². The van der Waals surface area contributed by atoms with Crippen molar-refractivity contribution in [1.82, 2.24) is 0 Å². The summed E-state index contributed by atoms with van der Waals surface area (Å²) in [5.41, 5.74) is 4.30. The fraction of sp³-hybridized carbons (Fsp3) is 0.308. The summed E-state index contributed by atoms with van der Waals surface area (Å²) in [6, 6.07) is 8.28. The highest BCUT2D eigenvalue weighted by Crippen LogP contribution is 2.25. The minimum atomic E-state index is 0.451. The fourth-order valence-electron chi connectivity index (χ4n) is 1.79. The Morgan fingerprint density at radius 1 is 1.27 bits per heavy atom. The van der Waals surface area contributed by atoms with Crippen LogP contribution in [-0.2, 0) is 9.53 Å². The zero-order valence-electron chi connectivity index (χ0n) is 8.82. The molecule has 1 aliphatic heterocycles. The van der Waals surface area contributed by atoms with E-state index in [4.69, 9.17) is 4.74 Å². The predicted octanol–water partition coefficient (Wildman–Crippen LogP) is 2.37. The van der Waals surface area contributed by atoms with Gasteiger partial charge in [0.2, 0.25) is 0 Å². The lowest BCUT2D eigenvalue weighted by Gasteiger charge is -2.17. The van der Waals surface area contributed by atoms with Crippen molar-refractivity contribution in [3.63, 3.8) is 0 Å². The maximum Gasteiger partial charge on any atom is 0.148 e. The molecule has 2 rings (SSSR count). The molecular formula is C13H14O2. The van der Waals surface area contributed by atoms with Crippen molar-refractivity contribution in [3.8, 4) is 0 Å². The molecule has 0 bridgehead atoms. The lowest BCUT2D eigenvalue weighted by Crippen LogP contribution is -2.11. The molecule has 1 aromatic carbocycles. The Labute approximate surface area is 89.6 Å². The molecule has 78 valence electrons. The van der Waals surface area contributed by atoms with Gasteiger partial charge in [-0.2, -0.15) is 0 Å². The predicted molar refractivity (Wildman–Crippen MR) is 59.6 cm³/mol. The number of benzene rings is 1. The van der Waals surface area contributed by atoms with Crippen LogP contribution in [-0.4, -0.2) is 19.5 Å². The number of hydrogen-bond donors (Lipinski definition) is 0. The van der Waals surface area contributed by atoms with Gasteiger partial charge in [0.15, 0.2) is 0 Å². The molecule has 2 heteroatoms. The molecule has 1 heterocycles. The third kappa shape index (κ3) is 2.16. The van der Waals surface area contributed by atoms with E-state index in [1.165, 1.54) is 5.56 Å². The van der Waals surface area contributed by atoms with E-state index in [2.05, 4.69) is 31.2 Å². The zero-order valence-corrected chi connectivity index (χ0v) is 8.82. The number of aldehydes is 1. The summed E-state index contributed by atoms with van der Waals surface area (Å²) in [7, 11) is 0. The highest BCUT2D eigenvalue weighted by Gasteiger charge is 2.13. The molecule has 0 aromatic heterocycles. The third-order valence-corrected chi connectivity index (χ3v) is 2.68. The molecular weight excluding hydrogens is 188 g/mol. The molecule has 0 spiro atoms. The number of carbonyl (C=O) groups excluding carboxylic acids is 1. The van der Waals surface area contributed by atoms with Crippen LogP contribution in [0, 0.1) is 6.92 Å². The summed E-state index contributed by atoms with van der Waals surface area (Å²) in [5, 5.41) is 0. The van der Waals surface area contributed by atoms with E-state index in [1.54, 1.807) is 0 Å². The fourth-order valence-corrected chi connectivity index (χ4v) is 1.79. The molecule has 0 amide bonds. The van der Waals surface area contributed by atoms with Crippen molar-refractivity contribution in [3.05, 3.63) is 41.0 Å². The minimum Gasteiger partial charge on any atom is -0.376 e. The quantitative estimate of drug-likeness (QED) is 0.688. The van der Waals surface area contributed by atoms with E-state index >= 15 is 0 Å². The average Bonchev–Trinajstić information content (AvgIpc) is 2.30. The van der Waals surface area contributed by atoms with Gasteiger partial charge in [-0.1, -0.05) is 29.8 Å². The van der Waals surface area contributed by atoms with Crippen LogP contribution in [0.1, 0.15) is 17.5 Å². The van der Waals surface area contributed by atoms with Crippen molar-refractivity contribution in [2.45, 2.75) is 13.3 Å². The number of carbonyl (C=O) groups is 1. The maximum atomic E-state index is 10.9. The topological polar surface area (TPSA) is 26.3 Å². The molecule has 0 unspecified atom stereocenters. The molecule has 0 saturated carbocycles. The second-order valence-electron chi connectivity index (χ2n) is 3.79. The van der Waals surface area contributed by atoms with Crippen molar-refractivity contribution < 1.29 is 9.53 Å². The highest BCUT2D eigenvalue weighted by molar-refractivity contribution is 5.89. The second-order valence-corrected chi connectivity index (χ2v) is 3.79. The first-order valence-corrected chi connectivity index (χ1v) is 5.13. The van der Waals surface area contributed by atoms with Gasteiger partial charge in [0.1, 0.15) is 6.29 Å². The van der Waals surface area contributed by atoms with Gasteiger partial charge in [-0.25, -0.2) is 0 Å². The second kappa shape index (κ2) is 4.41. The summed E-state index contributed by atoms with van der Waals surface area (Å²) >= 11 is 0. The van der Waals surface area contributed by atoms with Crippen LogP contribution in [0.15, 0.2) is 29.8 Å². The molecule has 1 aliphatic rings. The summed E-state index contributed by atoms with van der Waals surface area (Å²) in [6.07, 6.45) is 1.74. The Bertz CT molecular complexity index is 388. The van der Waals surface area contributed by atoms with Gasteiger partial charge >= 0.3 is 0 Å². The van der Waals surface area contributed by atoms with E-state index in [9.17, 15) is 4.79 Å². The van der Waals surface area contributed by atoms with Gasteiger partial charge in [-0.05, 0) is 24.5 Å². The zero-order chi connectivity index (χ0) is 10.7. The lowest BCUT2D eigenvalue weighted by molar-refractivity contribution is -0.105. The molecule has 0 aliphatic carbocycles. The monoisotopic (exact) mass is 202 g/mol. The summed E-state index contributed by atoms with van der Waals surface area (Å²) < 4.78 is 5.26. The van der Waals surface area contributed by atoms with E-state index < -0.39 is 0 Å². The van der Waals surface area contributed by atoms with Crippen molar-refractivity contribution >= 4 is 11.9 Å². The van der Waals surface area contributed by atoms with Crippen LogP contribution in [0.3, 0.4) is 0 Å². The minimum absolute atomic E-state index is 0.451. The number of aryl methyl sites for hydroxylation is 1. The van der Waals surface area contributed by atoms with Crippen LogP contribution in [0.4, 0.5) is 0 Å². The third-order valence-electron chi connectivity index (χ3n) is 2.68. The Balaban J connectivity index is 2.39. The average molecular weight is 202 g/mol. The number of ether oxygens (including phenoxy) is 1. The first kappa shape index (κ1) is 10.1. The normalized spacial score (nSPS) is 16.6. The van der Waals surface area contributed by atoms with Gasteiger partial charge in [0, 0.05) is 5.57 Å². The largest absolute Gasteiger partial charge is 0.376 e. The molecule has 1 aromatic rings. The van der Waals surface area contributed by atoms with Crippen LogP contribution in [0.25, 0.3) is 5.57 Å². The molecule has 15 heavy (non-hydrogen) atoms. The van der Waals surface area contributed by atoms with Crippen LogP contribution in [0.5, 0.6) is 0 Å². The first-order valence-electron chi connectivity index (χ1n) is 5.13. The Morgan fingerprint density at radius 2 is 2.00 bits per heavy atom. The Morgan fingerprint density at radius 3 is 2.67 bits per heavy atom. The van der Waals surface area contributed by atoms with Gasteiger partial charge in [0.25, 0.3) is 0 Å². The van der Waals surface area contributed by atoms with Crippen molar-refractivity contribution in [1.29, 1.82) is 0 Å². The maximum absolute atomic E-state index is 10.9. The van der Waals surface area contributed by atoms with E-state index in [1.807, 2.05) is 0 Å². The van der Waals surface area contributed by atoms with Gasteiger partial charge in [0.05, 0.1) is 13.2 Å². The van der Waals surface area contributed by atoms with Crippen LogP contribution < -0.4 is 0 Å². The highest BCUT2D eigenvalue weighted by atomic mass is 16.5.